The Morgan fingerprint density at radius 3 is 2.67 bits per heavy atom. The number of hydrogen-bond donors (Lipinski definition) is 2. The van der Waals surface area contributed by atoms with Gasteiger partial charge in [0, 0.05) is 54.6 Å². The third-order valence-electron chi connectivity index (χ3n) is 7.23. The molecule has 0 saturated carbocycles. The van der Waals surface area contributed by atoms with Gasteiger partial charge in [-0.25, -0.2) is 4.98 Å². The molecule has 1 fully saturated rings. The molecule has 3 heterocycles. The Balaban J connectivity index is 1.34. The van der Waals surface area contributed by atoms with Crippen LogP contribution in [0.1, 0.15) is 40.2 Å². The second kappa shape index (κ2) is 10.2. The SMILES string of the molecule is Cc1cc(-c2c(C)ccc(CNc3ccc4c(c3)OCC4CC(=O)O)c2C)cnc1N1CCOCC1. The van der Waals surface area contributed by atoms with E-state index in [4.69, 9.17) is 19.6 Å². The van der Waals surface area contributed by atoms with Gasteiger partial charge < -0.3 is 24.8 Å². The predicted molar refractivity (Wildman–Crippen MR) is 141 cm³/mol. The molecule has 36 heavy (non-hydrogen) atoms. The number of aliphatic carboxylic acids is 1. The topological polar surface area (TPSA) is 83.9 Å². The highest BCUT2D eigenvalue weighted by Gasteiger charge is 2.26. The summed E-state index contributed by atoms with van der Waals surface area (Å²) in [6.07, 6.45) is 2.09. The van der Waals surface area contributed by atoms with Crippen molar-refractivity contribution >= 4 is 17.5 Å². The minimum Gasteiger partial charge on any atom is -0.493 e. The quantitative estimate of drug-likeness (QED) is 0.481. The van der Waals surface area contributed by atoms with E-state index in [1.165, 1.54) is 27.8 Å². The van der Waals surface area contributed by atoms with Crippen LogP contribution < -0.4 is 15.0 Å². The van der Waals surface area contributed by atoms with Gasteiger partial charge in [0.2, 0.25) is 0 Å². The average molecular weight is 488 g/mol. The van der Waals surface area contributed by atoms with E-state index in [0.717, 1.165) is 54.7 Å². The zero-order valence-electron chi connectivity index (χ0n) is 21.1. The summed E-state index contributed by atoms with van der Waals surface area (Å²) >= 11 is 0. The molecule has 0 bridgehead atoms. The van der Waals surface area contributed by atoms with E-state index >= 15 is 0 Å². The molecule has 5 rings (SSSR count). The zero-order chi connectivity index (χ0) is 25.2. The monoisotopic (exact) mass is 487 g/mol. The van der Waals surface area contributed by atoms with Crippen LogP contribution in [0.5, 0.6) is 5.75 Å². The van der Waals surface area contributed by atoms with Gasteiger partial charge in [-0.3, -0.25) is 4.79 Å². The van der Waals surface area contributed by atoms with Crippen LogP contribution in [0.3, 0.4) is 0 Å². The number of carboxylic acid groups (broad SMARTS) is 1. The second-order valence-corrected chi connectivity index (χ2v) is 9.72. The van der Waals surface area contributed by atoms with Gasteiger partial charge >= 0.3 is 5.97 Å². The number of hydrogen-bond acceptors (Lipinski definition) is 6. The number of rotatable bonds is 7. The molecule has 1 unspecified atom stereocenters. The van der Waals surface area contributed by atoms with E-state index in [-0.39, 0.29) is 12.3 Å². The number of carboxylic acids is 1. The van der Waals surface area contributed by atoms with Crippen molar-refractivity contribution in [1.29, 1.82) is 0 Å². The molecule has 1 aromatic heterocycles. The smallest absolute Gasteiger partial charge is 0.304 e. The first-order valence-corrected chi connectivity index (χ1v) is 12.5. The number of anilines is 2. The number of morpholine rings is 1. The molecule has 0 aliphatic carbocycles. The van der Waals surface area contributed by atoms with Gasteiger partial charge in [0.15, 0.2) is 0 Å². The number of aryl methyl sites for hydroxylation is 2. The first kappa shape index (κ1) is 24.1. The van der Waals surface area contributed by atoms with Crippen molar-refractivity contribution in [2.75, 3.05) is 43.1 Å². The third-order valence-corrected chi connectivity index (χ3v) is 7.23. The van der Waals surface area contributed by atoms with Crippen LogP contribution in [0.2, 0.25) is 0 Å². The fourth-order valence-electron chi connectivity index (χ4n) is 5.30. The molecule has 188 valence electrons. The fourth-order valence-corrected chi connectivity index (χ4v) is 5.30. The minimum atomic E-state index is -0.801. The van der Waals surface area contributed by atoms with Gasteiger partial charge in [0.1, 0.15) is 11.6 Å². The summed E-state index contributed by atoms with van der Waals surface area (Å²) in [5.41, 5.74) is 9.16. The van der Waals surface area contributed by atoms with Crippen molar-refractivity contribution < 1.29 is 19.4 Å². The van der Waals surface area contributed by atoms with Crippen LogP contribution in [-0.2, 0) is 16.1 Å². The summed E-state index contributed by atoms with van der Waals surface area (Å²) < 4.78 is 11.3. The molecule has 0 spiro atoms. The maximum atomic E-state index is 11.1. The molecule has 1 saturated heterocycles. The number of benzene rings is 2. The zero-order valence-corrected chi connectivity index (χ0v) is 21.1. The summed E-state index contributed by atoms with van der Waals surface area (Å²) in [5, 5.41) is 12.6. The normalized spacial score (nSPS) is 17.0. The minimum absolute atomic E-state index is 0.0832. The number of nitrogens with one attached hydrogen (secondary N) is 1. The fraction of sp³-hybridized carbons (Fsp3) is 0.379. The summed E-state index contributed by atoms with van der Waals surface area (Å²) in [6.45, 7) is 10.8. The molecule has 0 radical (unpaired) electrons. The molecular weight excluding hydrogens is 454 g/mol. The largest absolute Gasteiger partial charge is 0.493 e. The lowest BCUT2D eigenvalue weighted by molar-refractivity contribution is -0.137. The van der Waals surface area contributed by atoms with E-state index in [1.807, 2.05) is 24.4 Å². The van der Waals surface area contributed by atoms with Crippen LogP contribution in [0.4, 0.5) is 11.5 Å². The Hall–Kier alpha value is -3.58. The number of carbonyl (C=O) groups is 1. The van der Waals surface area contributed by atoms with Crippen molar-refractivity contribution in [3.63, 3.8) is 0 Å². The predicted octanol–water partition coefficient (Wildman–Crippen LogP) is 5.07. The molecule has 7 heteroatoms. The highest BCUT2D eigenvalue weighted by Crippen LogP contribution is 2.38. The van der Waals surface area contributed by atoms with Crippen LogP contribution in [-0.4, -0.2) is 49.0 Å². The number of fused-ring (bicyclic) bond motifs is 1. The Bertz CT molecular complexity index is 1280. The van der Waals surface area contributed by atoms with Gasteiger partial charge in [-0.15, -0.1) is 0 Å². The summed E-state index contributed by atoms with van der Waals surface area (Å²) in [4.78, 5) is 18.3. The molecule has 0 amide bonds. The van der Waals surface area contributed by atoms with E-state index in [2.05, 4.69) is 49.2 Å². The molecule has 2 aromatic carbocycles. The third kappa shape index (κ3) is 4.88. The maximum Gasteiger partial charge on any atom is 0.304 e. The Labute approximate surface area is 212 Å². The highest BCUT2D eigenvalue weighted by molar-refractivity contribution is 5.74. The van der Waals surface area contributed by atoms with Crippen molar-refractivity contribution in [3.8, 4) is 16.9 Å². The van der Waals surface area contributed by atoms with Gasteiger partial charge in [0.05, 0.1) is 26.2 Å². The molecule has 7 nitrogen and oxygen atoms in total. The molecule has 1 atom stereocenters. The van der Waals surface area contributed by atoms with Crippen molar-refractivity contribution in [3.05, 3.63) is 70.4 Å². The number of ether oxygens (including phenoxy) is 2. The lowest BCUT2D eigenvalue weighted by Gasteiger charge is -2.29. The molecule has 2 aliphatic heterocycles. The van der Waals surface area contributed by atoms with Crippen LogP contribution in [0, 0.1) is 20.8 Å². The van der Waals surface area contributed by atoms with Crippen molar-refractivity contribution in [1.82, 2.24) is 4.98 Å². The van der Waals surface area contributed by atoms with Crippen LogP contribution >= 0.6 is 0 Å². The maximum absolute atomic E-state index is 11.1. The van der Waals surface area contributed by atoms with Gasteiger partial charge in [-0.1, -0.05) is 18.2 Å². The average Bonchev–Trinajstić information content (AvgIpc) is 3.25. The van der Waals surface area contributed by atoms with Gasteiger partial charge in [-0.2, -0.15) is 0 Å². The molecular formula is C29H33N3O4. The lowest BCUT2D eigenvalue weighted by atomic mass is 9.92. The number of nitrogens with zero attached hydrogens (tertiary/aromatic N) is 2. The lowest BCUT2D eigenvalue weighted by Crippen LogP contribution is -2.37. The van der Waals surface area contributed by atoms with Gasteiger partial charge in [0.25, 0.3) is 0 Å². The van der Waals surface area contributed by atoms with Crippen molar-refractivity contribution in [2.24, 2.45) is 0 Å². The van der Waals surface area contributed by atoms with E-state index in [1.54, 1.807) is 0 Å². The Morgan fingerprint density at radius 2 is 1.92 bits per heavy atom. The first-order valence-electron chi connectivity index (χ1n) is 12.5. The van der Waals surface area contributed by atoms with E-state index < -0.39 is 5.97 Å². The molecule has 2 N–H and O–H groups in total. The van der Waals surface area contributed by atoms with Crippen LogP contribution in [0.25, 0.3) is 11.1 Å². The summed E-state index contributed by atoms with van der Waals surface area (Å²) in [7, 11) is 0. The van der Waals surface area contributed by atoms with E-state index in [9.17, 15) is 4.79 Å². The van der Waals surface area contributed by atoms with Gasteiger partial charge in [-0.05, 0) is 60.7 Å². The number of aromatic nitrogens is 1. The van der Waals surface area contributed by atoms with E-state index in [0.29, 0.717) is 13.2 Å². The Kier molecular flexibility index (Phi) is 6.83. The Morgan fingerprint density at radius 1 is 1.11 bits per heavy atom. The summed E-state index contributed by atoms with van der Waals surface area (Å²) in [6, 6.07) is 12.6. The molecule has 2 aliphatic rings. The standard InChI is InChI=1S/C29H33N3O4/c1-18-4-5-21(15-30-24-6-7-25-23(13-27(33)34)17-36-26(25)14-24)20(3)28(18)22-12-19(2)29(31-16-22)32-8-10-35-11-9-32/h4-7,12,14,16,23,30H,8-11,13,15,17H2,1-3H3,(H,33,34). The second-order valence-electron chi connectivity index (χ2n) is 9.72. The van der Waals surface area contributed by atoms with Crippen LogP contribution in [0.15, 0.2) is 42.6 Å². The summed E-state index contributed by atoms with van der Waals surface area (Å²) in [5.74, 6) is 0.930. The molecule has 3 aromatic rings. The number of pyridine rings is 1. The first-order chi connectivity index (χ1) is 17.4. The highest BCUT2D eigenvalue weighted by atomic mass is 16.5. The van der Waals surface area contributed by atoms with Crippen molar-refractivity contribution in [2.45, 2.75) is 39.7 Å².